The number of aryl methyl sites for hydroxylation is 1. The van der Waals surface area contributed by atoms with Gasteiger partial charge in [-0.15, -0.1) is 0 Å². The molecule has 0 fully saturated rings. The first-order valence-electron chi connectivity index (χ1n) is 6.88. The van der Waals surface area contributed by atoms with Gasteiger partial charge in [0, 0.05) is 25.1 Å². The molecule has 0 aliphatic carbocycles. The van der Waals surface area contributed by atoms with Gasteiger partial charge in [0.05, 0.1) is 0 Å². The number of anilines is 1. The fourth-order valence-corrected chi connectivity index (χ4v) is 2.34. The Morgan fingerprint density at radius 1 is 1.22 bits per heavy atom. The van der Waals surface area contributed by atoms with Crippen LogP contribution in [0.15, 0.2) is 10.7 Å². The first-order valence-corrected chi connectivity index (χ1v) is 7.67. The van der Waals surface area contributed by atoms with Crippen molar-refractivity contribution in [1.82, 2.24) is 9.97 Å². The SMILES string of the molecule is CCCCCN(c1cc(Br)nc(CC)n1)C(C)C. The maximum absolute atomic E-state index is 4.64. The van der Waals surface area contributed by atoms with E-state index >= 15 is 0 Å². The molecule has 0 spiro atoms. The molecular weight excluding hydrogens is 290 g/mol. The van der Waals surface area contributed by atoms with Crippen LogP contribution in [-0.4, -0.2) is 22.6 Å². The third-order valence-corrected chi connectivity index (χ3v) is 3.37. The van der Waals surface area contributed by atoms with Crippen molar-refractivity contribution in [2.24, 2.45) is 0 Å². The molecule has 0 unspecified atom stereocenters. The molecule has 0 bridgehead atoms. The third kappa shape index (κ3) is 4.56. The first-order chi connectivity index (χ1) is 8.58. The maximum Gasteiger partial charge on any atom is 0.133 e. The summed E-state index contributed by atoms with van der Waals surface area (Å²) < 4.78 is 0.880. The fourth-order valence-electron chi connectivity index (χ4n) is 1.93. The number of hydrogen-bond donors (Lipinski definition) is 0. The molecule has 3 nitrogen and oxygen atoms in total. The average Bonchev–Trinajstić information content (AvgIpc) is 2.33. The molecule has 0 saturated carbocycles. The van der Waals surface area contributed by atoms with E-state index in [2.05, 4.69) is 58.5 Å². The number of unbranched alkanes of at least 4 members (excludes halogenated alkanes) is 2. The lowest BCUT2D eigenvalue weighted by molar-refractivity contribution is 0.617. The average molecular weight is 314 g/mol. The summed E-state index contributed by atoms with van der Waals surface area (Å²) in [5, 5.41) is 0. The van der Waals surface area contributed by atoms with Crippen LogP contribution in [-0.2, 0) is 6.42 Å². The molecule has 102 valence electrons. The van der Waals surface area contributed by atoms with Gasteiger partial charge < -0.3 is 4.90 Å². The highest BCUT2D eigenvalue weighted by Gasteiger charge is 2.13. The highest BCUT2D eigenvalue weighted by molar-refractivity contribution is 9.10. The van der Waals surface area contributed by atoms with Crippen LogP contribution in [0.25, 0.3) is 0 Å². The monoisotopic (exact) mass is 313 g/mol. The van der Waals surface area contributed by atoms with Crippen molar-refractivity contribution in [3.05, 3.63) is 16.5 Å². The number of nitrogens with zero attached hydrogens (tertiary/aromatic N) is 3. The van der Waals surface area contributed by atoms with Crippen LogP contribution in [0, 0.1) is 0 Å². The summed E-state index contributed by atoms with van der Waals surface area (Å²) in [5.74, 6) is 1.94. The zero-order chi connectivity index (χ0) is 13.5. The van der Waals surface area contributed by atoms with E-state index in [1.165, 1.54) is 19.3 Å². The molecule has 18 heavy (non-hydrogen) atoms. The quantitative estimate of drug-likeness (QED) is 0.558. The summed E-state index contributed by atoms with van der Waals surface area (Å²) in [6.07, 6.45) is 4.61. The second-order valence-electron chi connectivity index (χ2n) is 4.81. The van der Waals surface area contributed by atoms with Crippen molar-refractivity contribution in [2.45, 2.75) is 59.4 Å². The number of rotatable bonds is 7. The summed E-state index contributed by atoms with van der Waals surface area (Å²) in [6, 6.07) is 2.49. The van der Waals surface area contributed by atoms with Gasteiger partial charge >= 0.3 is 0 Å². The van der Waals surface area contributed by atoms with E-state index in [4.69, 9.17) is 0 Å². The van der Waals surface area contributed by atoms with Crippen LogP contribution >= 0.6 is 15.9 Å². The lowest BCUT2D eigenvalue weighted by Crippen LogP contribution is -2.32. The Balaban J connectivity index is 2.87. The second-order valence-corrected chi connectivity index (χ2v) is 5.63. The Hall–Kier alpha value is -0.640. The topological polar surface area (TPSA) is 29.0 Å². The summed E-state index contributed by atoms with van der Waals surface area (Å²) in [6.45, 7) is 9.82. The van der Waals surface area contributed by atoms with Gasteiger partial charge in [0.2, 0.25) is 0 Å². The Kier molecular flexibility index (Phi) is 6.61. The highest BCUT2D eigenvalue weighted by atomic mass is 79.9. The third-order valence-electron chi connectivity index (χ3n) is 2.96. The summed E-state index contributed by atoms with van der Waals surface area (Å²) in [4.78, 5) is 11.4. The molecule has 1 rings (SSSR count). The molecule has 1 heterocycles. The first kappa shape index (κ1) is 15.4. The van der Waals surface area contributed by atoms with E-state index in [0.717, 1.165) is 29.2 Å². The Morgan fingerprint density at radius 3 is 2.50 bits per heavy atom. The normalized spacial score (nSPS) is 11.0. The van der Waals surface area contributed by atoms with Crippen molar-refractivity contribution in [1.29, 1.82) is 0 Å². The largest absolute Gasteiger partial charge is 0.354 e. The van der Waals surface area contributed by atoms with Crippen molar-refractivity contribution in [3.8, 4) is 0 Å². The molecule has 0 saturated heterocycles. The van der Waals surface area contributed by atoms with E-state index in [1.54, 1.807) is 0 Å². The molecule has 0 aliphatic rings. The van der Waals surface area contributed by atoms with E-state index in [0.29, 0.717) is 6.04 Å². The molecule has 0 aliphatic heterocycles. The predicted molar refractivity (Wildman–Crippen MR) is 81.1 cm³/mol. The van der Waals surface area contributed by atoms with Crippen LogP contribution in [0.1, 0.15) is 52.8 Å². The van der Waals surface area contributed by atoms with Gasteiger partial charge in [0.15, 0.2) is 0 Å². The highest BCUT2D eigenvalue weighted by Crippen LogP contribution is 2.19. The minimum absolute atomic E-state index is 0.466. The number of halogens is 1. The van der Waals surface area contributed by atoms with Gasteiger partial charge in [-0.1, -0.05) is 26.7 Å². The maximum atomic E-state index is 4.64. The van der Waals surface area contributed by atoms with E-state index in [1.807, 2.05) is 6.07 Å². The molecule has 0 radical (unpaired) electrons. The zero-order valence-corrected chi connectivity index (χ0v) is 13.5. The fraction of sp³-hybridized carbons (Fsp3) is 0.714. The number of aromatic nitrogens is 2. The Bertz CT molecular complexity index is 366. The van der Waals surface area contributed by atoms with Gasteiger partial charge in [-0.3, -0.25) is 0 Å². The minimum Gasteiger partial charge on any atom is -0.354 e. The minimum atomic E-state index is 0.466. The molecular formula is C14H24BrN3. The second kappa shape index (κ2) is 7.72. The van der Waals surface area contributed by atoms with E-state index < -0.39 is 0 Å². The van der Waals surface area contributed by atoms with Crippen LogP contribution in [0.2, 0.25) is 0 Å². The molecule has 1 aromatic rings. The van der Waals surface area contributed by atoms with E-state index in [-0.39, 0.29) is 0 Å². The molecule has 0 N–H and O–H groups in total. The van der Waals surface area contributed by atoms with Gasteiger partial charge in [-0.25, -0.2) is 9.97 Å². The van der Waals surface area contributed by atoms with Crippen LogP contribution < -0.4 is 4.90 Å². The van der Waals surface area contributed by atoms with Crippen LogP contribution in [0.4, 0.5) is 5.82 Å². The van der Waals surface area contributed by atoms with Gasteiger partial charge in [-0.05, 0) is 36.2 Å². The van der Waals surface area contributed by atoms with Crippen molar-refractivity contribution in [3.63, 3.8) is 0 Å². The molecule has 0 atom stereocenters. The summed E-state index contributed by atoms with van der Waals surface area (Å²) in [5.41, 5.74) is 0. The van der Waals surface area contributed by atoms with Crippen molar-refractivity contribution in [2.75, 3.05) is 11.4 Å². The summed E-state index contributed by atoms with van der Waals surface area (Å²) >= 11 is 3.48. The predicted octanol–water partition coefficient (Wildman–Crippen LogP) is 4.21. The number of hydrogen-bond acceptors (Lipinski definition) is 3. The molecule has 0 aromatic carbocycles. The van der Waals surface area contributed by atoms with Gasteiger partial charge in [-0.2, -0.15) is 0 Å². The molecule has 1 aromatic heterocycles. The molecule has 0 amide bonds. The lowest BCUT2D eigenvalue weighted by Gasteiger charge is -2.28. The van der Waals surface area contributed by atoms with Crippen molar-refractivity contribution < 1.29 is 0 Å². The smallest absolute Gasteiger partial charge is 0.133 e. The van der Waals surface area contributed by atoms with Gasteiger partial charge in [0.25, 0.3) is 0 Å². The zero-order valence-electron chi connectivity index (χ0n) is 11.9. The molecule has 4 heteroatoms. The van der Waals surface area contributed by atoms with Crippen molar-refractivity contribution >= 4 is 21.7 Å². The van der Waals surface area contributed by atoms with Crippen LogP contribution in [0.5, 0.6) is 0 Å². The standard InChI is InChI=1S/C14H24BrN3/c1-5-7-8-9-18(11(3)4)14-10-12(15)16-13(6-2)17-14/h10-11H,5-9H2,1-4H3. The lowest BCUT2D eigenvalue weighted by atomic mass is 10.2. The van der Waals surface area contributed by atoms with E-state index in [9.17, 15) is 0 Å². The van der Waals surface area contributed by atoms with Crippen LogP contribution in [0.3, 0.4) is 0 Å². The Morgan fingerprint density at radius 2 is 1.94 bits per heavy atom. The van der Waals surface area contributed by atoms with Gasteiger partial charge in [0.1, 0.15) is 16.2 Å². The summed E-state index contributed by atoms with van der Waals surface area (Å²) in [7, 11) is 0. The Labute approximate surface area is 119 Å².